The molecule has 0 saturated carbocycles. The van der Waals surface area contributed by atoms with Crippen LogP contribution in [-0.2, 0) is 6.42 Å². The molecule has 0 aliphatic carbocycles. The highest BCUT2D eigenvalue weighted by Crippen LogP contribution is 2.21. The standard InChI is InChI=1S/C13H12ClNOS/c14-11-8-9(3-5-12(11)15)13(16)6-4-10-2-1-7-17-10/h1-3,5,7-8H,4,6,15H2. The molecule has 0 amide bonds. The molecule has 0 aliphatic heterocycles. The molecule has 0 aliphatic rings. The molecule has 2 rings (SSSR count). The molecular formula is C13H12ClNOS. The second kappa shape index (κ2) is 5.34. The average Bonchev–Trinajstić information content (AvgIpc) is 2.82. The molecule has 88 valence electrons. The van der Waals surface area contributed by atoms with Gasteiger partial charge < -0.3 is 5.73 Å². The summed E-state index contributed by atoms with van der Waals surface area (Å²) in [5.74, 6) is 0.0975. The molecule has 0 saturated heterocycles. The van der Waals surface area contributed by atoms with E-state index in [1.807, 2.05) is 17.5 Å². The summed E-state index contributed by atoms with van der Waals surface area (Å²) in [6.45, 7) is 0. The Morgan fingerprint density at radius 3 is 2.82 bits per heavy atom. The van der Waals surface area contributed by atoms with Gasteiger partial charge in [0.05, 0.1) is 10.7 Å². The van der Waals surface area contributed by atoms with Gasteiger partial charge in [-0.2, -0.15) is 0 Å². The van der Waals surface area contributed by atoms with Crippen molar-refractivity contribution in [2.24, 2.45) is 0 Å². The van der Waals surface area contributed by atoms with Crippen LogP contribution in [0.4, 0.5) is 5.69 Å². The van der Waals surface area contributed by atoms with Crippen molar-refractivity contribution in [2.75, 3.05) is 5.73 Å². The molecule has 0 atom stereocenters. The molecule has 0 unspecified atom stereocenters. The van der Waals surface area contributed by atoms with Gasteiger partial charge in [0.15, 0.2) is 5.78 Å². The molecule has 0 bridgehead atoms. The quantitative estimate of drug-likeness (QED) is 0.675. The van der Waals surface area contributed by atoms with E-state index in [0.29, 0.717) is 22.7 Å². The van der Waals surface area contributed by atoms with Crippen LogP contribution in [-0.4, -0.2) is 5.78 Å². The normalized spacial score (nSPS) is 10.4. The first-order chi connectivity index (χ1) is 8.16. The first-order valence-corrected chi connectivity index (χ1v) is 6.53. The number of aryl methyl sites for hydroxylation is 1. The van der Waals surface area contributed by atoms with Crippen molar-refractivity contribution in [2.45, 2.75) is 12.8 Å². The Morgan fingerprint density at radius 1 is 1.35 bits per heavy atom. The molecule has 17 heavy (non-hydrogen) atoms. The minimum atomic E-state index is 0.0975. The van der Waals surface area contributed by atoms with Gasteiger partial charge in [0.1, 0.15) is 0 Å². The van der Waals surface area contributed by atoms with Gasteiger partial charge in [0.2, 0.25) is 0 Å². The highest BCUT2D eigenvalue weighted by Gasteiger charge is 2.08. The third-order valence-corrected chi connectivity index (χ3v) is 3.76. The Balaban J connectivity index is 2.02. The largest absolute Gasteiger partial charge is 0.398 e. The summed E-state index contributed by atoms with van der Waals surface area (Å²) < 4.78 is 0. The lowest BCUT2D eigenvalue weighted by Crippen LogP contribution is -2.01. The van der Waals surface area contributed by atoms with E-state index in [2.05, 4.69) is 0 Å². The van der Waals surface area contributed by atoms with Crippen molar-refractivity contribution in [3.05, 3.63) is 51.2 Å². The van der Waals surface area contributed by atoms with Crippen LogP contribution in [0.2, 0.25) is 5.02 Å². The Bertz CT molecular complexity index is 522. The lowest BCUT2D eigenvalue weighted by atomic mass is 10.1. The van der Waals surface area contributed by atoms with Crippen LogP contribution in [0, 0.1) is 0 Å². The molecular weight excluding hydrogens is 254 g/mol. The van der Waals surface area contributed by atoms with Crippen molar-refractivity contribution >= 4 is 34.4 Å². The number of Topliss-reactive ketones (excluding diaryl/α,β-unsaturated/α-hetero) is 1. The highest BCUT2D eigenvalue weighted by molar-refractivity contribution is 7.09. The van der Waals surface area contributed by atoms with Gasteiger partial charge in [0, 0.05) is 16.9 Å². The third kappa shape index (κ3) is 3.08. The zero-order valence-corrected chi connectivity index (χ0v) is 10.7. The number of nitrogen functional groups attached to an aromatic ring is 1. The summed E-state index contributed by atoms with van der Waals surface area (Å²) in [5.41, 5.74) is 6.73. The van der Waals surface area contributed by atoms with Crippen LogP contribution >= 0.6 is 22.9 Å². The number of carbonyl (C=O) groups excluding carboxylic acids is 1. The third-order valence-electron chi connectivity index (χ3n) is 2.50. The summed E-state index contributed by atoms with van der Waals surface area (Å²) in [4.78, 5) is 13.1. The van der Waals surface area contributed by atoms with Gasteiger partial charge in [-0.25, -0.2) is 0 Å². The fraction of sp³-hybridized carbons (Fsp3) is 0.154. The maximum Gasteiger partial charge on any atom is 0.163 e. The summed E-state index contributed by atoms with van der Waals surface area (Å²) in [5, 5.41) is 2.45. The van der Waals surface area contributed by atoms with Crippen LogP contribution in [0.15, 0.2) is 35.7 Å². The summed E-state index contributed by atoms with van der Waals surface area (Å²) in [6.07, 6.45) is 1.28. The Labute approximate surface area is 109 Å². The Kier molecular flexibility index (Phi) is 3.82. The minimum absolute atomic E-state index is 0.0975. The zero-order valence-electron chi connectivity index (χ0n) is 9.15. The summed E-state index contributed by atoms with van der Waals surface area (Å²) >= 11 is 7.55. The molecule has 0 radical (unpaired) electrons. The highest BCUT2D eigenvalue weighted by atomic mass is 35.5. The topological polar surface area (TPSA) is 43.1 Å². The molecule has 2 N–H and O–H groups in total. The van der Waals surface area contributed by atoms with Crippen LogP contribution in [0.5, 0.6) is 0 Å². The van der Waals surface area contributed by atoms with E-state index in [4.69, 9.17) is 17.3 Å². The van der Waals surface area contributed by atoms with E-state index in [1.165, 1.54) is 4.88 Å². The Morgan fingerprint density at radius 2 is 2.18 bits per heavy atom. The number of nitrogens with two attached hydrogens (primary N) is 1. The van der Waals surface area contributed by atoms with Crippen molar-refractivity contribution in [1.29, 1.82) is 0 Å². The van der Waals surface area contributed by atoms with E-state index in [9.17, 15) is 4.79 Å². The van der Waals surface area contributed by atoms with E-state index in [0.717, 1.165) is 6.42 Å². The first kappa shape index (κ1) is 12.1. The number of halogens is 1. The van der Waals surface area contributed by atoms with Crippen LogP contribution < -0.4 is 5.73 Å². The monoisotopic (exact) mass is 265 g/mol. The summed E-state index contributed by atoms with van der Waals surface area (Å²) in [7, 11) is 0. The number of ketones is 1. The molecule has 1 aromatic carbocycles. The van der Waals surface area contributed by atoms with Crippen LogP contribution in [0.25, 0.3) is 0 Å². The van der Waals surface area contributed by atoms with Gasteiger partial charge in [0.25, 0.3) is 0 Å². The van der Waals surface area contributed by atoms with Crippen LogP contribution in [0.3, 0.4) is 0 Å². The Hall–Kier alpha value is -1.32. The second-order valence-electron chi connectivity index (χ2n) is 3.74. The van der Waals surface area contributed by atoms with Gasteiger partial charge in [-0.3, -0.25) is 4.79 Å². The molecule has 2 aromatic rings. The van der Waals surface area contributed by atoms with E-state index >= 15 is 0 Å². The second-order valence-corrected chi connectivity index (χ2v) is 5.18. The van der Waals surface area contributed by atoms with Crippen molar-refractivity contribution in [3.63, 3.8) is 0 Å². The van der Waals surface area contributed by atoms with Crippen molar-refractivity contribution in [3.8, 4) is 0 Å². The number of thiophene rings is 1. The molecule has 4 heteroatoms. The van der Waals surface area contributed by atoms with Crippen molar-refractivity contribution in [1.82, 2.24) is 0 Å². The van der Waals surface area contributed by atoms with Gasteiger partial charge in [-0.1, -0.05) is 17.7 Å². The fourth-order valence-corrected chi connectivity index (χ4v) is 2.43. The SMILES string of the molecule is Nc1ccc(C(=O)CCc2cccs2)cc1Cl. The summed E-state index contributed by atoms with van der Waals surface area (Å²) in [6, 6.07) is 9.05. The van der Waals surface area contributed by atoms with E-state index < -0.39 is 0 Å². The zero-order chi connectivity index (χ0) is 12.3. The fourth-order valence-electron chi connectivity index (χ4n) is 1.54. The maximum absolute atomic E-state index is 11.9. The predicted octanol–water partition coefficient (Wildman–Crippen LogP) is 3.80. The number of benzene rings is 1. The molecule has 0 fully saturated rings. The predicted molar refractivity (Wildman–Crippen MR) is 72.8 cm³/mol. The number of hydrogen-bond acceptors (Lipinski definition) is 3. The van der Waals surface area contributed by atoms with Gasteiger partial charge >= 0.3 is 0 Å². The average molecular weight is 266 g/mol. The molecule has 1 heterocycles. The molecule has 0 spiro atoms. The van der Waals surface area contributed by atoms with Crippen molar-refractivity contribution < 1.29 is 4.79 Å². The van der Waals surface area contributed by atoms with E-state index in [-0.39, 0.29) is 5.78 Å². The number of anilines is 1. The first-order valence-electron chi connectivity index (χ1n) is 5.27. The maximum atomic E-state index is 11.9. The number of rotatable bonds is 4. The van der Waals surface area contributed by atoms with Crippen LogP contribution in [0.1, 0.15) is 21.7 Å². The number of hydrogen-bond donors (Lipinski definition) is 1. The van der Waals surface area contributed by atoms with E-state index in [1.54, 1.807) is 29.5 Å². The lowest BCUT2D eigenvalue weighted by molar-refractivity contribution is 0.0983. The number of carbonyl (C=O) groups is 1. The molecule has 2 nitrogen and oxygen atoms in total. The van der Waals surface area contributed by atoms with Gasteiger partial charge in [-0.05, 0) is 36.1 Å². The minimum Gasteiger partial charge on any atom is -0.398 e. The smallest absolute Gasteiger partial charge is 0.163 e. The lowest BCUT2D eigenvalue weighted by Gasteiger charge is -2.02. The van der Waals surface area contributed by atoms with Gasteiger partial charge in [-0.15, -0.1) is 11.3 Å². The molecule has 1 aromatic heterocycles.